The molecule has 0 spiro atoms. The second kappa shape index (κ2) is 10.6. The molecule has 0 radical (unpaired) electrons. The van der Waals surface area contributed by atoms with Crippen molar-refractivity contribution in [1.29, 1.82) is 0 Å². The van der Waals surface area contributed by atoms with Gasteiger partial charge in [0.05, 0.1) is 6.26 Å². The highest BCUT2D eigenvalue weighted by atomic mass is 16.3. The highest BCUT2D eigenvalue weighted by Gasteiger charge is 2.17. The fourth-order valence-electron chi connectivity index (χ4n) is 3.34. The number of amides is 2. The van der Waals surface area contributed by atoms with E-state index in [1.807, 2.05) is 6.07 Å². The van der Waals surface area contributed by atoms with Crippen LogP contribution in [-0.4, -0.2) is 42.9 Å². The molecule has 1 aromatic carbocycles. The SMILES string of the molecule is CC1CCN(CCCNC(=O)/C(=C/c2ccco2)NC(=O)c2ccccc2)CC1. The number of carbonyl (C=O) groups is 2. The van der Waals surface area contributed by atoms with E-state index in [4.69, 9.17) is 4.42 Å². The molecule has 2 N–H and O–H groups in total. The standard InChI is InChI=1S/C23H29N3O3/c1-18-10-14-26(15-11-18)13-6-12-24-23(28)21(17-20-9-5-16-29-20)25-22(27)19-7-3-2-4-8-19/h2-5,7-9,16-18H,6,10-15H2,1H3,(H,24,28)(H,25,27)/b21-17-. The molecule has 1 saturated heterocycles. The largest absolute Gasteiger partial charge is 0.465 e. The Labute approximate surface area is 172 Å². The first-order valence-electron chi connectivity index (χ1n) is 10.2. The second-order valence-corrected chi connectivity index (χ2v) is 7.53. The number of likely N-dealkylation sites (tertiary alicyclic amines) is 1. The first-order valence-corrected chi connectivity index (χ1v) is 10.2. The molecule has 29 heavy (non-hydrogen) atoms. The molecule has 0 saturated carbocycles. The van der Waals surface area contributed by atoms with E-state index < -0.39 is 0 Å². The molecule has 2 aromatic rings. The summed E-state index contributed by atoms with van der Waals surface area (Å²) in [5, 5.41) is 5.62. The predicted octanol–water partition coefficient (Wildman–Crippen LogP) is 3.29. The van der Waals surface area contributed by atoms with Crippen LogP contribution in [0.15, 0.2) is 58.8 Å². The zero-order chi connectivity index (χ0) is 20.5. The Morgan fingerprint density at radius 1 is 1.14 bits per heavy atom. The van der Waals surface area contributed by atoms with E-state index in [2.05, 4.69) is 22.5 Å². The molecule has 2 amide bonds. The van der Waals surface area contributed by atoms with Crippen molar-refractivity contribution in [3.8, 4) is 0 Å². The van der Waals surface area contributed by atoms with Crippen LogP contribution in [0.4, 0.5) is 0 Å². The fraction of sp³-hybridized carbons (Fsp3) is 0.391. The van der Waals surface area contributed by atoms with E-state index in [0.717, 1.165) is 32.0 Å². The van der Waals surface area contributed by atoms with Crippen molar-refractivity contribution < 1.29 is 14.0 Å². The Morgan fingerprint density at radius 3 is 2.59 bits per heavy atom. The van der Waals surface area contributed by atoms with Crippen molar-refractivity contribution in [2.24, 2.45) is 5.92 Å². The molecule has 1 fully saturated rings. The number of piperidine rings is 1. The van der Waals surface area contributed by atoms with Gasteiger partial charge in [-0.25, -0.2) is 0 Å². The maximum Gasteiger partial charge on any atom is 0.267 e. The molecular formula is C23H29N3O3. The zero-order valence-electron chi connectivity index (χ0n) is 16.9. The number of carbonyl (C=O) groups excluding carboxylic acids is 2. The first-order chi connectivity index (χ1) is 14.1. The average Bonchev–Trinajstić information content (AvgIpc) is 3.25. The summed E-state index contributed by atoms with van der Waals surface area (Å²) in [6.07, 6.45) is 6.44. The second-order valence-electron chi connectivity index (χ2n) is 7.53. The van der Waals surface area contributed by atoms with Crippen molar-refractivity contribution in [3.63, 3.8) is 0 Å². The maximum absolute atomic E-state index is 12.7. The first kappa shape index (κ1) is 20.9. The van der Waals surface area contributed by atoms with Gasteiger partial charge < -0.3 is 20.0 Å². The summed E-state index contributed by atoms with van der Waals surface area (Å²) in [6, 6.07) is 12.3. The highest BCUT2D eigenvalue weighted by Crippen LogP contribution is 2.15. The van der Waals surface area contributed by atoms with Crippen LogP contribution in [0.5, 0.6) is 0 Å². The predicted molar refractivity (Wildman–Crippen MR) is 113 cm³/mol. The number of nitrogens with zero attached hydrogens (tertiary/aromatic N) is 1. The van der Waals surface area contributed by atoms with Gasteiger partial charge in [-0.3, -0.25) is 9.59 Å². The Hall–Kier alpha value is -2.86. The van der Waals surface area contributed by atoms with Gasteiger partial charge >= 0.3 is 0 Å². The van der Waals surface area contributed by atoms with Gasteiger partial charge in [-0.05, 0) is 69.1 Å². The number of hydrogen-bond donors (Lipinski definition) is 2. The number of nitrogens with one attached hydrogen (secondary N) is 2. The lowest BCUT2D eigenvalue weighted by Gasteiger charge is -2.30. The van der Waals surface area contributed by atoms with Gasteiger partial charge in [-0.15, -0.1) is 0 Å². The van der Waals surface area contributed by atoms with E-state index in [0.29, 0.717) is 17.9 Å². The molecule has 0 unspecified atom stereocenters. The average molecular weight is 396 g/mol. The Morgan fingerprint density at radius 2 is 1.90 bits per heavy atom. The summed E-state index contributed by atoms with van der Waals surface area (Å²) < 4.78 is 5.30. The van der Waals surface area contributed by atoms with Crippen molar-refractivity contribution in [1.82, 2.24) is 15.5 Å². The molecule has 3 rings (SSSR count). The summed E-state index contributed by atoms with van der Waals surface area (Å²) in [7, 11) is 0. The number of benzene rings is 1. The minimum atomic E-state index is -0.332. The third-order valence-electron chi connectivity index (χ3n) is 5.17. The van der Waals surface area contributed by atoms with Crippen LogP contribution in [0, 0.1) is 5.92 Å². The van der Waals surface area contributed by atoms with Gasteiger partial charge in [0.1, 0.15) is 11.5 Å². The normalized spacial score (nSPS) is 15.8. The van der Waals surface area contributed by atoms with Crippen LogP contribution < -0.4 is 10.6 Å². The monoisotopic (exact) mass is 395 g/mol. The number of furan rings is 1. The minimum Gasteiger partial charge on any atom is -0.465 e. The lowest BCUT2D eigenvalue weighted by Crippen LogP contribution is -2.37. The Balaban J connectivity index is 1.54. The van der Waals surface area contributed by atoms with Crippen LogP contribution in [-0.2, 0) is 4.79 Å². The van der Waals surface area contributed by atoms with E-state index in [-0.39, 0.29) is 17.5 Å². The van der Waals surface area contributed by atoms with Crippen molar-refractivity contribution in [3.05, 3.63) is 65.7 Å². The number of rotatable bonds is 8. The topological polar surface area (TPSA) is 74.6 Å². The third kappa shape index (κ3) is 6.61. The van der Waals surface area contributed by atoms with Gasteiger partial charge in [0.15, 0.2) is 0 Å². The van der Waals surface area contributed by atoms with Gasteiger partial charge in [-0.1, -0.05) is 25.1 Å². The van der Waals surface area contributed by atoms with Crippen LogP contribution >= 0.6 is 0 Å². The van der Waals surface area contributed by atoms with Crippen molar-refractivity contribution in [2.75, 3.05) is 26.2 Å². The maximum atomic E-state index is 12.7. The van der Waals surface area contributed by atoms with Crippen molar-refractivity contribution >= 4 is 17.9 Å². The van der Waals surface area contributed by atoms with Crippen LogP contribution in [0.1, 0.15) is 42.3 Å². The Kier molecular flexibility index (Phi) is 7.64. The van der Waals surface area contributed by atoms with Gasteiger partial charge in [-0.2, -0.15) is 0 Å². The van der Waals surface area contributed by atoms with E-state index >= 15 is 0 Å². The summed E-state index contributed by atoms with van der Waals surface area (Å²) in [5.74, 6) is 0.665. The molecule has 6 heteroatoms. The summed E-state index contributed by atoms with van der Waals surface area (Å²) >= 11 is 0. The smallest absolute Gasteiger partial charge is 0.267 e. The minimum absolute atomic E-state index is 0.167. The Bertz CT molecular complexity index is 807. The number of hydrogen-bond acceptors (Lipinski definition) is 4. The molecule has 1 aromatic heterocycles. The highest BCUT2D eigenvalue weighted by molar-refractivity contribution is 6.05. The molecule has 154 valence electrons. The van der Waals surface area contributed by atoms with Crippen molar-refractivity contribution in [2.45, 2.75) is 26.2 Å². The molecule has 0 atom stereocenters. The van der Waals surface area contributed by atoms with Gasteiger partial charge in [0, 0.05) is 18.2 Å². The molecule has 0 bridgehead atoms. The molecule has 1 aliphatic heterocycles. The van der Waals surface area contributed by atoms with Gasteiger partial charge in [0.2, 0.25) is 0 Å². The lowest BCUT2D eigenvalue weighted by atomic mass is 9.99. The lowest BCUT2D eigenvalue weighted by molar-refractivity contribution is -0.117. The van der Waals surface area contributed by atoms with Gasteiger partial charge in [0.25, 0.3) is 11.8 Å². The summed E-state index contributed by atoms with van der Waals surface area (Å²) in [6.45, 7) is 6.09. The van der Waals surface area contributed by atoms with Crippen LogP contribution in [0.3, 0.4) is 0 Å². The zero-order valence-corrected chi connectivity index (χ0v) is 16.9. The van der Waals surface area contributed by atoms with E-state index in [1.54, 1.807) is 42.5 Å². The van der Waals surface area contributed by atoms with Crippen LogP contribution in [0.2, 0.25) is 0 Å². The van der Waals surface area contributed by atoms with E-state index in [1.165, 1.54) is 19.1 Å². The molecule has 1 aliphatic rings. The summed E-state index contributed by atoms with van der Waals surface area (Å²) in [5.41, 5.74) is 0.658. The molecule has 6 nitrogen and oxygen atoms in total. The fourth-order valence-corrected chi connectivity index (χ4v) is 3.34. The van der Waals surface area contributed by atoms with E-state index in [9.17, 15) is 9.59 Å². The third-order valence-corrected chi connectivity index (χ3v) is 5.17. The van der Waals surface area contributed by atoms with Crippen LogP contribution in [0.25, 0.3) is 6.08 Å². The molecule has 2 heterocycles. The quantitative estimate of drug-likeness (QED) is 0.531. The molecule has 0 aliphatic carbocycles. The summed E-state index contributed by atoms with van der Waals surface area (Å²) in [4.78, 5) is 27.6. The molecular weight excluding hydrogens is 366 g/mol.